The van der Waals surface area contributed by atoms with Crippen LogP contribution in [0.25, 0.3) is 16.6 Å². The first-order chi connectivity index (χ1) is 12.7. The molecule has 1 atom stereocenters. The molecule has 3 heterocycles. The standard InChI is InChI=1S/C20H22N4O2/c1-3-22(15(2)18-14-16-8-4-5-9-17(16)26-18)12-13-24-20(25)23-11-7-6-10-19(23)21-24/h4-11,14-15H,3,12-13H2,1-2H3. The van der Waals surface area contributed by atoms with Gasteiger partial charge in [-0.2, -0.15) is 0 Å². The van der Waals surface area contributed by atoms with Crippen LogP contribution in [0.1, 0.15) is 25.6 Å². The van der Waals surface area contributed by atoms with Crippen molar-refractivity contribution in [2.24, 2.45) is 0 Å². The Morgan fingerprint density at radius 3 is 2.77 bits per heavy atom. The Morgan fingerprint density at radius 1 is 1.19 bits per heavy atom. The molecule has 0 saturated heterocycles. The predicted molar refractivity (Wildman–Crippen MR) is 101 cm³/mol. The third kappa shape index (κ3) is 2.93. The molecule has 0 radical (unpaired) electrons. The van der Waals surface area contributed by atoms with Crippen molar-refractivity contribution in [1.82, 2.24) is 19.1 Å². The molecule has 1 unspecified atom stereocenters. The van der Waals surface area contributed by atoms with E-state index in [2.05, 4.69) is 36.0 Å². The Hall–Kier alpha value is -2.86. The molecule has 0 spiro atoms. The van der Waals surface area contributed by atoms with Crippen LogP contribution in [0.2, 0.25) is 0 Å². The molecule has 0 bridgehead atoms. The summed E-state index contributed by atoms with van der Waals surface area (Å²) in [5.74, 6) is 0.940. The third-order valence-electron chi connectivity index (χ3n) is 4.90. The highest BCUT2D eigenvalue weighted by molar-refractivity contribution is 5.77. The first-order valence-corrected chi connectivity index (χ1v) is 8.94. The minimum absolute atomic E-state index is 0.104. The largest absolute Gasteiger partial charge is 0.459 e. The lowest BCUT2D eigenvalue weighted by atomic mass is 10.2. The smallest absolute Gasteiger partial charge is 0.350 e. The molecule has 0 amide bonds. The predicted octanol–water partition coefficient (Wildman–Crippen LogP) is 3.33. The molecule has 0 fully saturated rings. The summed E-state index contributed by atoms with van der Waals surface area (Å²) < 4.78 is 9.11. The average Bonchev–Trinajstić information content (AvgIpc) is 3.24. The van der Waals surface area contributed by atoms with Gasteiger partial charge in [0.2, 0.25) is 0 Å². The molecule has 0 aliphatic rings. The monoisotopic (exact) mass is 350 g/mol. The van der Waals surface area contributed by atoms with E-state index < -0.39 is 0 Å². The lowest BCUT2D eigenvalue weighted by Gasteiger charge is -2.25. The van der Waals surface area contributed by atoms with E-state index in [9.17, 15) is 4.79 Å². The van der Waals surface area contributed by atoms with Gasteiger partial charge >= 0.3 is 5.69 Å². The zero-order chi connectivity index (χ0) is 18.1. The summed E-state index contributed by atoms with van der Waals surface area (Å²) in [5, 5.41) is 5.52. The lowest BCUT2D eigenvalue weighted by molar-refractivity contribution is 0.189. The van der Waals surface area contributed by atoms with Crippen LogP contribution in [-0.2, 0) is 6.54 Å². The van der Waals surface area contributed by atoms with Gasteiger partial charge in [-0.15, -0.1) is 5.10 Å². The molecule has 6 nitrogen and oxygen atoms in total. The van der Waals surface area contributed by atoms with E-state index in [-0.39, 0.29) is 11.7 Å². The molecular formula is C20H22N4O2. The topological polar surface area (TPSA) is 55.7 Å². The van der Waals surface area contributed by atoms with Crippen molar-refractivity contribution < 1.29 is 4.42 Å². The molecule has 4 aromatic rings. The number of furan rings is 1. The molecule has 0 N–H and O–H groups in total. The van der Waals surface area contributed by atoms with Gasteiger partial charge in [-0.1, -0.05) is 31.2 Å². The molecule has 0 aliphatic heterocycles. The molecular weight excluding hydrogens is 328 g/mol. The Balaban J connectivity index is 1.53. The highest BCUT2D eigenvalue weighted by Crippen LogP contribution is 2.27. The number of fused-ring (bicyclic) bond motifs is 2. The number of hydrogen-bond donors (Lipinski definition) is 0. The number of para-hydroxylation sites is 1. The highest BCUT2D eigenvalue weighted by atomic mass is 16.3. The Bertz CT molecular complexity index is 1060. The van der Waals surface area contributed by atoms with Gasteiger partial charge in [-0.25, -0.2) is 9.48 Å². The Morgan fingerprint density at radius 2 is 2.00 bits per heavy atom. The number of hydrogen-bond acceptors (Lipinski definition) is 4. The minimum atomic E-state index is -0.104. The van der Waals surface area contributed by atoms with Crippen molar-refractivity contribution in [1.29, 1.82) is 0 Å². The van der Waals surface area contributed by atoms with Crippen LogP contribution in [-0.4, -0.2) is 32.2 Å². The van der Waals surface area contributed by atoms with Crippen LogP contribution < -0.4 is 5.69 Å². The maximum Gasteiger partial charge on any atom is 0.350 e. The van der Waals surface area contributed by atoms with Gasteiger partial charge < -0.3 is 4.42 Å². The SMILES string of the molecule is CCN(CCn1nc2ccccn2c1=O)C(C)c1cc2ccccc2o1. The Kier molecular flexibility index (Phi) is 4.34. The van der Waals surface area contributed by atoms with E-state index in [1.807, 2.05) is 36.4 Å². The molecule has 26 heavy (non-hydrogen) atoms. The summed E-state index contributed by atoms with van der Waals surface area (Å²) in [6, 6.07) is 15.8. The second-order valence-corrected chi connectivity index (χ2v) is 6.43. The van der Waals surface area contributed by atoms with Crippen molar-refractivity contribution in [3.8, 4) is 0 Å². The van der Waals surface area contributed by atoms with Crippen LogP contribution in [0.15, 0.2) is 63.9 Å². The minimum Gasteiger partial charge on any atom is -0.459 e. The first-order valence-electron chi connectivity index (χ1n) is 8.94. The maximum atomic E-state index is 12.4. The molecule has 0 aliphatic carbocycles. The van der Waals surface area contributed by atoms with Crippen LogP contribution in [0.3, 0.4) is 0 Å². The zero-order valence-electron chi connectivity index (χ0n) is 15.0. The molecule has 1 aromatic carbocycles. The van der Waals surface area contributed by atoms with Crippen LogP contribution in [0.4, 0.5) is 0 Å². The van der Waals surface area contributed by atoms with E-state index in [0.717, 1.165) is 29.8 Å². The van der Waals surface area contributed by atoms with Gasteiger partial charge in [0.25, 0.3) is 0 Å². The average molecular weight is 350 g/mol. The van der Waals surface area contributed by atoms with E-state index >= 15 is 0 Å². The highest BCUT2D eigenvalue weighted by Gasteiger charge is 2.19. The summed E-state index contributed by atoms with van der Waals surface area (Å²) in [4.78, 5) is 14.7. The number of pyridine rings is 1. The van der Waals surface area contributed by atoms with Gasteiger partial charge in [-0.3, -0.25) is 9.30 Å². The first kappa shape index (κ1) is 16.6. The normalized spacial score (nSPS) is 13.0. The van der Waals surface area contributed by atoms with Crippen molar-refractivity contribution in [2.75, 3.05) is 13.1 Å². The lowest BCUT2D eigenvalue weighted by Crippen LogP contribution is -2.33. The van der Waals surface area contributed by atoms with Crippen LogP contribution in [0, 0.1) is 0 Å². The zero-order valence-corrected chi connectivity index (χ0v) is 15.0. The molecule has 4 rings (SSSR count). The quantitative estimate of drug-likeness (QED) is 0.535. The number of likely N-dealkylation sites (N-methyl/N-ethyl adjacent to an activating group) is 1. The molecule has 6 heteroatoms. The third-order valence-corrected chi connectivity index (χ3v) is 4.90. The van der Waals surface area contributed by atoms with Crippen molar-refractivity contribution >= 4 is 16.6 Å². The van der Waals surface area contributed by atoms with Gasteiger partial charge in [0.15, 0.2) is 5.65 Å². The fourth-order valence-corrected chi connectivity index (χ4v) is 3.35. The summed E-state index contributed by atoms with van der Waals surface area (Å²) in [6.07, 6.45) is 1.75. The van der Waals surface area contributed by atoms with E-state index in [1.54, 1.807) is 10.6 Å². The summed E-state index contributed by atoms with van der Waals surface area (Å²) in [5.41, 5.74) is 1.47. The van der Waals surface area contributed by atoms with Gasteiger partial charge in [-0.05, 0) is 37.7 Å². The van der Waals surface area contributed by atoms with E-state index in [1.165, 1.54) is 4.68 Å². The molecule has 134 valence electrons. The van der Waals surface area contributed by atoms with Crippen molar-refractivity contribution in [3.05, 3.63) is 71.0 Å². The molecule has 0 saturated carbocycles. The van der Waals surface area contributed by atoms with E-state index in [4.69, 9.17) is 4.42 Å². The summed E-state index contributed by atoms with van der Waals surface area (Å²) in [7, 11) is 0. The van der Waals surface area contributed by atoms with Crippen LogP contribution in [0.5, 0.6) is 0 Å². The number of nitrogens with zero attached hydrogens (tertiary/aromatic N) is 4. The summed E-state index contributed by atoms with van der Waals surface area (Å²) >= 11 is 0. The fraction of sp³-hybridized carbons (Fsp3) is 0.300. The van der Waals surface area contributed by atoms with Gasteiger partial charge in [0.05, 0.1) is 12.6 Å². The fourth-order valence-electron chi connectivity index (χ4n) is 3.35. The second kappa shape index (κ2) is 6.80. The second-order valence-electron chi connectivity index (χ2n) is 6.43. The van der Waals surface area contributed by atoms with Crippen molar-refractivity contribution in [2.45, 2.75) is 26.4 Å². The summed E-state index contributed by atoms with van der Waals surface area (Å²) in [6.45, 7) is 6.37. The Labute approximate surface area is 151 Å². The van der Waals surface area contributed by atoms with Crippen molar-refractivity contribution in [3.63, 3.8) is 0 Å². The van der Waals surface area contributed by atoms with Gasteiger partial charge in [0, 0.05) is 18.1 Å². The van der Waals surface area contributed by atoms with Crippen LogP contribution >= 0.6 is 0 Å². The number of aromatic nitrogens is 3. The maximum absolute atomic E-state index is 12.4. The molecule has 3 aromatic heterocycles. The van der Waals surface area contributed by atoms with Gasteiger partial charge in [0.1, 0.15) is 11.3 Å². The number of benzene rings is 1. The van der Waals surface area contributed by atoms with E-state index in [0.29, 0.717) is 12.2 Å². The number of rotatable bonds is 6.